The van der Waals surface area contributed by atoms with E-state index >= 15 is 0 Å². The molecule has 0 fully saturated rings. The summed E-state index contributed by atoms with van der Waals surface area (Å²) < 4.78 is 5.27. The van der Waals surface area contributed by atoms with Crippen molar-refractivity contribution in [3.63, 3.8) is 0 Å². The molecule has 1 heterocycles. The third-order valence-electron chi connectivity index (χ3n) is 2.15. The zero-order chi connectivity index (χ0) is 13.3. The highest BCUT2D eigenvalue weighted by atomic mass is 79.9. The first-order chi connectivity index (χ1) is 8.52. The number of esters is 1. The van der Waals surface area contributed by atoms with Gasteiger partial charge in [0.15, 0.2) is 9.61 Å². The molecule has 94 valence electrons. The number of rotatable bonds is 2. The Labute approximate surface area is 126 Å². The molecule has 0 atom stereocenters. The summed E-state index contributed by atoms with van der Waals surface area (Å²) in [6.45, 7) is 0. The Hall–Kier alpha value is -0.620. The van der Waals surface area contributed by atoms with Crippen LogP contribution >= 0.6 is 50.5 Å². The van der Waals surface area contributed by atoms with Gasteiger partial charge in [-0.3, -0.25) is 0 Å². The van der Waals surface area contributed by atoms with Crippen LogP contribution in [-0.2, 0) is 4.74 Å². The lowest BCUT2D eigenvalue weighted by molar-refractivity contribution is 0.0595. The highest BCUT2D eigenvalue weighted by Gasteiger charge is 2.21. The van der Waals surface area contributed by atoms with Crippen LogP contribution in [-0.4, -0.2) is 18.1 Å². The van der Waals surface area contributed by atoms with Crippen LogP contribution in [0.25, 0.3) is 10.4 Å². The molecule has 1 aromatic heterocycles. The lowest BCUT2D eigenvalue weighted by Crippen LogP contribution is -2.03. The first-order valence-corrected chi connectivity index (χ1v) is 7.09. The van der Waals surface area contributed by atoms with E-state index in [0.717, 1.165) is 0 Å². The molecule has 2 aromatic rings. The topological polar surface area (TPSA) is 39.2 Å². The number of carbonyl (C=O) groups excluding carboxylic acids is 1. The largest absolute Gasteiger partial charge is 0.464 e. The highest BCUT2D eigenvalue weighted by Crippen LogP contribution is 2.38. The first-order valence-electron chi connectivity index (χ1n) is 4.73. The molecule has 0 unspecified atom stereocenters. The zero-order valence-electron chi connectivity index (χ0n) is 9.04. The van der Waals surface area contributed by atoms with E-state index in [4.69, 9.17) is 27.9 Å². The number of benzene rings is 1. The molecule has 0 N–H and O–H groups in total. The fourth-order valence-corrected chi connectivity index (χ4v) is 3.30. The summed E-state index contributed by atoms with van der Waals surface area (Å²) in [4.78, 5) is 16.4. The minimum absolute atomic E-state index is 0.221. The molecule has 0 saturated heterocycles. The van der Waals surface area contributed by atoms with E-state index in [1.54, 1.807) is 18.2 Å². The molecule has 0 radical (unpaired) electrons. The molecule has 7 heteroatoms. The van der Waals surface area contributed by atoms with Gasteiger partial charge in [-0.15, -0.1) is 11.3 Å². The van der Waals surface area contributed by atoms with Crippen LogP contribution in [0.4, 0.5) is 0 Å². The van der Waals surface area contributed by atoms with Gasteiger partial charge >= 0.3 is 5.97 Å². The standard InChI is InChI=1S/C11H6BrCl2NO2S/c1-17-10(16)8-9(18-11(12)15-8)6-4-5(13)2-3-7(6)14/h2-4H,1H3. The van der Waals surface area contributed by atoms with E-state index in [1.165, 1.54) is 18.4 Å². The number of carbonyl (C=O) groups is 1. The zero-order valence-corrected chi connectivity index (χ0v) is 13.0. The maximum Gasteiger partial charge on any atom is 0.358 e. The smallest absolute Gasteiger partial charge is 0.358 e. The van der Waals surface area contributed by atoms with Crippen molar-refractivity contribution in [3.05, 3.63) is 37.9 Å². The monoisotopic (exact) mass is 365 g/mol. The average Bonchev–Trinajstić information content (AvgIpc) is 2.73. The van der Waals surface area contributed by atoms with Crippen LogP contribution in [0.15, 0.2) is 22.1 Å². The fraction of sp³-hybridized carbons (Fsp3) is 0.0909. The number of nitrogens with zero attached hydrogens (tertiary/aromatic N) is 1. The number of ether oxygens (including phenoxy) is 1. The number of thiazole rings is 1. The maximum atomic E-state index is 11.6. The molecule has 0 spiro atoms. The Bertz CT molecular complexity index is 615. The third kappa shape index (κ3) is 2.69. The minimum Gasteiger partial charge on any atom is -0.464 e. The second kappa shape index (κ2) is 5.57. The maximum absolute atomic E-state index is 11.6. The van der Waals surface area contributed by atoms with Crippen LogP contribution < -0.4 is 0 Å². The SMILES string of the molecule is COC(=O)c1nc(Br)sc1-c1cc(Cl)ccc1Cl. The van der Waals surface area contributed by atoms with Gasteiger partial charge in [0, 0.05) is 15.6 Å². The highest BCUT2D eigenvalue weighted by molar-refractivity contribution is 9.11. The van der Waals surface area contributed by atoms with Gasteiger partial charge in [0.25, 0.3) is 0 Å². The molecule has 0 saturated carbocycles. The molecule has 18 heavy (non-hydrogen) atoms. The molecule has 0 aliphatic heterocycles. The van der Waals surface area contributed by atoms with Gasteiger partial charge in [0.2, 0.25) is 0 Å². The molecule has 0 aliphatic carbocycles. The number of hydrogen-bond acceptors (Lipinski definition) is 4. The van der Waals surface area contributed by atoms with E-state index in [0.29, 0.717) is 24.4 Å². The van der Waals surface area contributed by atoms with Crippen molar-refractivity contribution >= 4 is 56.4 Å². The van der Waals surface area contributed by atoms with Crippen LogP contribution in [0.3, 0.4) is 0 Å². The normalized spacial score (nSPS) is 10.4. The molecular formula is C11H6BrCl2NO2S. The lowest BCUT2D eigenvalue weighted by atomic mass is 10.1. The number of methoxy groups -OCH3 is 1. The van der Waals surface area contributed by atoms with Gasteiger partial charge in [0.1, 0.15) is 0 Å². The van der Waals surface area contributed by atoms with Gasteiger partial charge in [-0.1, -0.05) is 23.2 Å². The Morgan fingerprint density at radius 2 is 2.17 bits per heavy atom. The molecule has 0 bridgehead atoms. The van der Waals surface area contributed by atoms with E-state index in [9.17, 15) is 4.79 Å². The summed E-state index contributed by atoms with van der Waals surface area (Å²) in [6, 6.07) is 5.05. The molecule has 3 nitrogen and oxygen atoms in total. The van der Waals surface area contributed by atoms with Gasteiger partial charge in [-0.2, -0.15) is 0 Å². The van der Waals surface area contributed by atoms with Crippen molar-refractivity contribution in [2.75, 3.05) is 7.11 Å². The van der Waals surface area contributed by atoms with Crippen LogP contribution in [0.5, 0.6) is 0 Å². The van der Waals surface area contributed by atoms with Crippen molar-refractivity contribution in [1.82, 2.24) is 4.98 Å². The minimum atomic E-state index is -0.511. The van der Waals surface area contributed by atoms with Gasteiger partial charge in [0.05, 0.1) is 12.0 Å². The fourth-order valence-electron chi connectivity index (χ4n) is 1.38. The van der Waals surface area contributed by atoms with Crippen molar-refractivity contribution in [2.45, 2.75) is 0 Å². The first kappa shape index (κ1) is 13.8. The molecule has 2 rings (SSSR count). The van der Waals surface area contributed by atoms with Crippen LogP contribution in [0.2, 0.25) is 10.0 Å². The van der Waals surface area contributed by atoms with E-state index in [1.807, 2.05) is 0 Å². The second-order valence-electron chi connectivity index (χ2n) is 3.26. The van der Waals surface area contributed by atoms with E-state index < -0.39 is 5.97 Å². The summed E-state index contributed by atoms with van der Waals surface area (Å²) in [5.74, 6) is -0.511. The van der Waals surface area contributed by atoms with Crippen molar-refractivity contribution in [1.29, 1.82) is 0 Å². The van der Waals surface area contributed by atoms with Crippen molar-refractivity contribution in [2.24, 2.45) is 0 Å². The van der Waals surface area contributed by atoms with E-state index in [-0.39, 0.29) is 5.69 Å². The molecule has 0 amide bonds. The van der Waals surface area contributed by atoms with Crippen molar-refractivity contribution in [3.8, 4) is 10.4 Å². The Morgan fingerprint density at radius 3 is 2.83 bits per heavy atom. The summed E-state index contributed by atoms with van der Waals surface area (Å²) in [6.07, 6.45) is 0. The molecule has 1 aromatic carbocycles. The van der Waals surface area contributed by atoms with Crippen LogP contribution in [0, 0.1) is 0 Å². The predicted octanol–water partition coefficient (Wildman–Crippen LogP) is 4.67. The summed E-state index contributed by atoms with van der Waals surface area (Å²) >= 11 is 16.6. The summed E-state index contributed by atoms with van der Waals surface area (Å²) in [5, 5.41) is 1.04. The Kier molecular flexibility index (Phi) is 4.27. The Balaban J connectivity index is 2.63. The van der Waals surface area contributed by atoms with Crippen LogP contribution in [0.1, 0.15) is 10.5 Å². The Morgan fingerprint density at radius 1 is 1.44 bits per heavy atom. The quantitative estimate of drug-likeness (QED) is 0.725. The number of aromatic nitrogens is 1. The summed E-state index contributed by atoms with van der Waals surface area (Å²) in [7, 11) is 1.30. The van der Waals surface area contributed by atoms with E-state index in [2.05, 4.69) is 20.9 Å². The van der Waals surface area contributed by atoms with Gasteiger partial charge < -0.3 is 4.74 Å². The van der Waals surface area contributed by atoms with Crippen molar-refractivity contribution < 1.29 is 9.53 Å². The number of halogens is 3. The summed E-state index contributed by atoms with van der Waals surface area (Å²) in [5.41, 5.74) is 0.881. The van der Waals surface area contributed by atoms with Gasteiger partial charge in [-0.05, 0) is 34.1 Å². The molecule has 0 aliphatic rings. The number of hydrogen-bond donors (Lipinski definition) is 0. The molecular weight excluding hydrogens is 361 g/mol. The lowest BCUT2D eigenvalue weighted by Gasteiger charge is -2.04. The van der Waals surface area contributed by atoms with Gasteiger partial charge in [-0.25, -0.2) is 9.78 Å². The second-order valence-corrected chi connectivity index (χ2v) is 6.38. The predicted molar refractivity (Wildman–Crippen MR) is 76.6 cm³/mol. The average molecular weight is 367 g/mol. The third-order valence-corrected chi connectivity index (χ3v) is 4.26.